The maximum absolute atomic E-state index is 13.5. The highest BCUT2D eigenvalue weighted by Crippen LogP contribution is 2.52. The molecular weight excluding hydrogens is 394 g/mol. The number of hydrogen-bond donors (Lipinski definition) is 2. The first-order valence-corrected chi connectivity index (χ1v) is 11.2. The Balaban J connectivity index is 1.39. The number of carbonyl (C=O) groups excluding carboxylic acids is 2. The second kappa shape index (κ2) is 7.75. The molecule has 1 aromatic heterocycles. The first-order chi connectivity index (χ1) is 15.0. The molecule has 0 unspecified atom stereocenters. The minimum absolute atomic E-state index is 0.0336. The van der Waals surface area contributed by atoms with Gasteiger partial charge in [-0.2, -0.15) is 0 Å². The van der Waals surface area contributed by atoms with Crippen LogP contribution in [0.2, 0.25) is 0 Å². The summed E-state index contributed by atoms with van der Waals surface area (Å²) in [7, 11) is 0. The van der Waals surface area contributed by atoms with E-state index in [9.17, 15) is 9.59 Å². The molecule has 0 radical (unpaired) electrons. The molecule has 31 heavy (non-hydrogen) atoms. The Morgan fingerprint density at radius 2 is 2.06 bits per heavy atom. The molecular formula is C23H29N5O3. The van der Waals surface area contributed by atoms with Gasteiger partial charge < -0.3 is 15.5 Å². The van der Waals surface area contributed by atoms with Crippen LogP contribution in [-0.2, 0) is 11.2 Å². The number of hydrogen-bond acceptors (Lipinski definition) is 6. The molecule has 2 N–H and O–H groups in total. The summed E-state index contributed by atoms with van der Waals surface area (Å²) in [6.45, 7) is 3.93. The molecule has 8 nitrogen and oxygen atoms in total. The first-order valence-electron chi connectivity index (χ1n) is 11.2. The van der Waals surface area contributed by atoms with Crippen LogP contribution in [0.15, 0.2) is 35.0 Å². The molecule has 3 fully saturated rings. The van der Waals surface area contributed by atoms with Gasteiger partial charge in [0.25, 0.3) is 5.91 Å². The Hall–Kier alpha value is -2.74. The van der Waals surface area contributed by atoms with Crippen molar-refractivity contribution in [1.82, 2.24) is 25.8 Å². The lowest BCUT2D eigenvalue weighted by molar-refractivity contribution is -0.143. The number of aromatic nitrogens is 2. The van der Waals surface area contributed by atoms with Crippen molar-refractivity contribution in [2.75, 3.05) is 6.54 Å². The monoisotopic (exact) mass is 423 g/mol. The Labute approximate surface area is 181 Å². The summed E-state index contributed by atoms with van der Waals surface area (Å²) in [6, 6.07) is 11.3. The van der Waals surface area contributed by atoms with Gasteiger partial charge >= 0.3 is 0 Å². The van der Waals surface area contributed by atoms with Gasteiger partial charge in [0, 0.05) is 23.5 Å². The molecule has 5 atom stereocenters. The summed E-state index contributed by atoms with van der Waals surface area (Å²) in [5.41, 5.74) is 1.85. The first kappa shape index (κ1) is 20.2. The third-order valence-electron chi connectivity index (χ3n) is 7.60. The lowest BCUT2D eigenvalue weighted by Crippen LogP contribution is -2.63. The molecule has 3 heterocycles. The van der Waals surface area contributed by atoms with Crippen LogP contribution in [0, 0.1) is 12.3 Å². The van der Waals surface area contributed by atoms with Crippen molar-refractivity contribution in [3.63, 3.8) is 0 Å². The second-order valence-corrected chi connectivity index (χ2v) is 9.42. The van der Waals surface area contributed by atoms with Gasteiger partial charge in [0.05, 0.1) is 12.6 Å². The van der Waals surface area contributed by atoms with Crippen LogP contribution >= 0.6 is 0 Å². The van der Waals surface area contributed by atoms with E-state index in [1.54, 1.807) is 6.92 Å². The van der Waals surface area contributed by atoms with E-state index < -0.39 is 5.91 Å². The van der Waals surface area contributed by atoms with Crippen molar-refractivity contribution in [1.29, 1.82) is 0 Å². The molecule has 2 bridgehead atoms. The lowest BCUT2D eigenvalue weighted by Gasteiger charge is -2.53. The molecule has 1 aliphatic carbocycles. The number of aryl methyl sites for hydroxylation is 1. The van der Waals surface area contributed by atoms with Gasteiger partial charge in [0.15, 0.2) is 5.69 Å². The Bertz CT molecular complexity index is 977. The lowest BCUT2D eigenvalue weighted by atomic mass is 9.64. The number of nitrogens with zero attached hydrogens (tertiary/aromatic N) is 3. The molecule has 2 saturated heterocycles. The van der Waals surface area contributed by atoms with Gasteiger partial charge in [0.1, 0.15) is 5.69 Å². The summed E-state index contributed by atoms with van der Waals surface area (Å²) in [4.78, 5) is 28.1. The fraction of sp³-hybridized carbons (Fsp3) is 0.565. The topological polar surface area (TPSA) is 100 Å². The van der Waals surface area contributed by atoms with E-state index in [1.165, 1.54) is 12.0 Å². The zero-order chi connectivity index (χ0) is 21.6. The molecule has 2 aliphatic heterocycles. The van der Waals surface area contributed by atoms with Crippen LogP contribution in [0.3, 0.4) is 0 Å². The number of amides is 2. The minimum Gasteiger partial charge on any atom is -0.341 e. The zero-order valence-corrected chi connectivity index (χ0v) is 18.0. The summed E-state index contributed by atoms with van der Waals surface area (Å²) >= 11 is 0. The van der Waals surface area contributed by atoms with Crippen molar-refractivity contribution in [2.24, 2.45) is 5.41 Å². The van der Waals surface area contributed by atoms with E-state index in [0.29, 0.717) is 11.7 Å². The van der Waals surface area contributed by atoms with E-state index in [4.69, 9.17) is 0 Å². The fourth-order valence-electron chi connectivity index (χ4n) is 6.10. The van der Waals surface area contributed by atoms with Crippen LogP contribution in [0.25, 0.3) is 0 Å². The molecule has 2 aromatic rings. The molecule has 3 aliphatic rings. The van der Waals surface area contributed by atoms with Crippen molar-refractivity contribution in [3.8, 4) is 0 Å². The van der Waals surface area contributed by atoms with Crippen LogP contribution in [0.4, 0.5) is 0 Å². The molecule has 164 valence electrons. The Morgan fingerprint density at radius 1 is 1.26 bits per heavy atom. The quantitative estimate of drug-likeness (QED) is 0.761. The number of likely N-dealkylation sites (tertiary alicyclic amines) is 1. The van der Waals surface area contributed by atoms with E-state index in [2.05, 4.69) is 49.5 Å². The van der Waals surface area contributed by atoms with Gasteiger partial charge in [-0.05, 0) is 49.7 Å². The number of fused-ring (bicyclic) bond motifs is 1. The van der Waals surface area contributed by atoms with E-state index in [-0.39, 0.29) is 41.7 Å². The number of benzene rings is 1. The van der Waals surface area contributed by atoms with Crippen molar-refractivity contribution >= 4 is 11.8 Å². The molecule has 1 aromatic carbocycles. The SMILES string of the molecule is Cc1nonc1C(=O)NCC(=O)N1[C@@H](Cc2ccccc2)[C@@H]2C[C@@]3(C)[C@H](CCC[C@@H]13)N2. The predicted molar refractivity (Wildman–Crippen MR) is 113 cm³/mol. The highest BCUT2D eigenvalue weighted by atomic mass is 16.6. The van der Waals surface area contributed by atoms with Crippen molar-refractivity contribution < 1.29 is 14.2 Å². The van der Waals surface area contributed by atoms with Crippen molar-refractivity contribution in [3.05, 3.63) is 47.3 Å². The largest absolute Gasteiger partial charge is 0.341 e. The number of piperidine rings is 1. The Morgan fingerprint density at radius 3 is 2.81 bits per heavy atom. The Kier molecular flexibility index (Phi) is 5.04. The molecule has 8 heteroatoms. The smallest absolute Gasteiger partial charge is 0.275 e. The van der Waals surface area contributed by atoms with Crippen LogP contribution in [-0.4, -0.2) is 57.7 Å². The van der Waals surface area contributed by atoms with Gasteiger partial charge in [-0.25, -0.2) is 4.63 Å². The molecule has 5 rings (SSSR count). The highest BCUT2D eigenvalue weighted by molar-refractivity contribution is 5.95. The maximum Gasteiger partial charge on any atom is 0.275 e. The molecule has 0 spiro atoms. The summed E-state index contributed by atoms with van der Waals surface area (Å²) < 4.78 is 4.61. The third kappa shape index (κ3) is 3.43. The summed E-state index contributed by atoms with van der Waals surface area (Å²) in [6.07, 6.45) is 5.20. The minimum atomic E-state index is -0.433. The number of rotatable bonds is 5. The maximum atomic E-state index is 13.5. The normalized spacial score (nSPS) is 31.5. The average molecular weight is 424 g/mol. The van der Waals surface area contributed by atoms with Crippen LogP contribution < -0.4 is 10.6 Å². The van der Waals surface area contributed by atoms with Gasteiger partial charge in [-0.1, -0.05) is 42.4 Å². The van der Waals surface area contributed by atoms with E-state index in [1.807, 2.05) is 18.2 Å². The van der Waals surface area contributed by atoms with Crippen LogP contribution in [0.5, 0.6) is 0 Å². The van der Waals surface area contributed by atoms with Crippen LogP contribution in [0.1, 0.15) is 54.4 Å². The van der Waals surface area contributed by atoms with E-state index in [0.717, 1.165) is 25.7 Å². The zero-order valence-electron chi connectivity index (χ0n) is 18.0. The fourth-order valence-corrected chi connectivity index (χ4v) is 6.10. The third-order valence-corrected chi connectivity index (χ3v) is 7.60. The predicted octanol–water partition coefficient (Wildman–Crippen LogP) is 1.85. The van der Waals surface area contributed by atoms with Gasteiger partial charge in [0.2, 0.25) is 5.91 Å². The number of carbonyl (C=O) groups is 2. The standard InChI is InChI=1S/C23H29N5O3/c1-14-21(27-31-26-14)22(30)24-13-20(29)28-17(11-15-7-4-3-5-8-15)16-12-23(2)18(25-16)9-6-10-19(23)28/h3-5,7-8,16-19,25H,6,9-13H2,1-2H3,(H,24,30)/t16-,17-,18-,19+,23-/m0/s1. The average Bonchev–Trinajstić information content (AvgIpc) is 3.35. The summed E-state index contributed by atoms with van der Waals surface area (Å²) in [5, 5.41) is 13.9. The van der Waals surface area contributed by atoms with Gasteiger partial charge in [-0.3, -0.25) is 9.59 Å². The number of nitrogens with one attached hydrogen (secondary N) is 2. The highest BCUT2D eigenvalue weighted by Gasteiger charge is 2.60. The van der Waals surface area contributed by atoms with E-state index >= 15 is 0 Å². The molecule has 2 amide bonds. The van der Waals surface area contributed by atoms with Crippen molar-refractivity contribution in [2.45, 2.75) is 70.1 Å². The van der Waals surface area contributed by atoms with Gasteiger partial charge in [-0.15, -0.1) is 0 Å². The molecule has 1 saturated carbocycles. The summed E-state index contributed by atoms with van der Waals surface area (Å²) in [5.74, 6) is -0.466. The second-order valence-electron chi connectivity index (χ2n) is 9.42.